The summed E-state index contributed by atoms with van der Waals surface area (Å²) < 4.78 is 12.9. The number of aliphatic hydroxyl groups is 1. The summed E-state index contributed by atoms with van der Waals surface area (Å²) in [5.74, 6) is 3.38. The molecule has 0 bridgehead atoms. The number of halogens is 1. The molecule has 0 radical (unpaired) electrons. The predicted octanol–water partition coefficient (Wildman–Crippen LogP) is 3.46. The van der Waals surface area contributed by atoms with Gasteiger partial charge in [0.15, 0.2) is 0 Å². The van der Waals surface area contributed by atoms with Gasteiger partial charge < -0.3 is 15.3 Å². The summed E-state index contributed by atoms with van der Waals surface area (Å²) in [6.45, 7) is 1.97. The van der Waals surface area contributed by atoms with Crippen LogP contribution in [0.1, 0.15) is 68.8 Å². The third kappa shape index (κ3) is 3.99. The van der Waals surface area contributed by atoms with Gasteiger partial charge in [-0.3, -0.25) is 4.21 Å². The Morgan fingerprint density at radius 1 is 1.12 bits per heavy atom. The summed E-state index contributed by atoms with van der Waals surface area (Å²) in [6, 6.07) is 0. The summed E-state index contributed by atoms with van der Waals surface area (Å²) >= 11 is 5.94. The molecule has 3 fully saturated rings. The number of aliphatic hydroxyl groups excluding tert-OH is 1. The van der Waals surface area contributed by atoms with Gasteiger partial charge in [-0.2, -0.15) is 4.98 Å². The van der Waals surface area contributed by atoms with Crippen LogP contribution in [0.15, 0.2) is 17.3 Å². The van der Waals surface area contributed by atoms with Crippen molar-refractivity contribution in [2.24, 2.45) is 5.41 Å². The Hall–Kier alpha value is -1.84. The quantitative estimate of drug-likeness (QED) is 0.640. The molecule has 1 atom stereocenters. The van der Waals surface area contributed by atoms with Gasteiger partial charge >= 0.3 is 0 Å². The molecular formula is C24H31ClN6O2S. The molecule has 0 aromatic carbocycles. The normalized spacial score (nSPS) is 25.4. The van der Waals surface area contributed by atoms with Crippen molar-refractivity contribution >= 4 is 34.2 Å². The van der Waals surface area contributed by atoms with Crippen molar-refractivity contribution in [1.82, 2.24) is 19.9 Å². The van der Waals surface area contributed by atoms with Gasteiger partial charge in [0.2, 0.25) is 5.95 Å². The molecule has 10 heteroatoms. The van der Waals surface area contributed by atoms with Gasteiger partial charge in [-0.15, -0.1) is 0 Å². The highest BCUT2D eigenvalue weighted by Crippen LogP contribution is 2.49. The predicted molar refractivity (Wildman–Crippen MR) is 132 cm³/mol. The highest BCUT2D eigenvalue weighted by molar-refractivity contribution is 7.85. The van der Waals surface area contributed by atoms with Crippen LogP contribution in [0.2, 0.25) is 5.02 Å². The van der Waals surface area contributed by atoms with Gasteiger partial charge in [-0.25, -0.2) is 15.0 Å². The minimum atomic E-state index is -1.09. The molecule has 1 spiro atoms. The lowest BCUT2D eigenvalue weighted by molar-refractivity contribution is 0.124. The molecule has 2 aromatic rings. The summed E-state index contributed by atoms with van der Waals surface area (Å²) in [4.78, 5) is 21.7. The van der Waals surface area contributed by atoms with Gasteiger partial charge in [-0.1, -0.05) is 11.6 Å². The number of anilines is 2. The molecule has 2 aromatic heterocycles. The third-order valence-electron chi connectivity index (χ3n) is 8.28. The van der Waals surface area contributed by atoms with E-state index in [4.69, 9.17) is 21.6 Å². The van der Waals surface area contributed by atoms with E-state index < -0.39 is 10.8 Å². The lowest BCUT2D eigenvalue weighted by Gasteiger charge is -2.53. The van der Waals surface area contributed by atoms with Gasteiger partial charge in [0.25, 0.3) is 0 Å². The summed E-state index contributed by atoms with van der Waals surface area (Å²) in [5, 5.41) is 14.1. The third-order valence-corrected chi connectivity index (χ3v) is 10.0. The van der Waals surface area contributed by atoms with E-state index in [2.05, 4.69) is 20.2 Å². The van der Waals surface area contributed by atoms with Crippen LogP contribution >= 0.6 is 11.6 Å². The van der Waals surface area contributed by atoms with Crippen LogP contribution in [0.25, 0.3) is 0 Å². The molecular weight excluding hydrogens is 472 g/mol. The van der Waals surface area contributed by atoms with Crippen molar-refractivity contribution in [3.8, 4) is 0 Å². The van der Waals surface area contributed by atoms with E-state index in [0.717, 1.165) is 93.2 Å². The molecule has 2 aliphatic heterocycles. The van der Waals surface area contributed by atoms with Crippen molar-refractivity contribution in [3.05, 3.63) is 28.9 Å². The van der Waals surface area contributed by atoms with Crippen molar-refractivity contribution in [3.63, 3.8) is 0 Å². The van der Waals surface area contributed by atoms with Crippen LogP contribution < -0.4 is 10.2 Å². The zero-order valence-corrected chi connectivity index (χ0v) is 20.9. The van der Waals surface area contributed by atoms with Crippen LogP contribution in [0.5, 0.6) is 0 Å². The first-order valence-corrected chi connectivity index (χ1v) is 14.1. The molecule has 1 unspecified atom stereocenters. The van der Waals surface area contributed by atoms with Crippen LogP contribution in [0.4, 0.5) is 11.8 Å². The van der Waals surface area contributed by atoms with Crippen molar-refractivity contribution in [1.29, 1.82) is 0 Å². The molecule has 6 rings (SSSR count). The average molecular weight is 503 g/mol. The van der Waals surface area contributed by atoms with Crippen molar-refractivity contribution in [2.75, 3.05) is 35.7 Å². The highest BCUT2D eigenvalue weighted by Gasteiger charge is 2.47. The van der Waals surface area contributed by atoms with Gasteiger partial charge in [0.05, 0.1) is 33.7 Å². The fraction of sp³-hybridized carbons (Fsp3) is 0.667. The average Bonchev–Trinajstić information content (AvgIpc) is 2.80. The molecule has 2 N–H and O–H groups in total. The van der Waals surface area contributed by atoms with Crippen molar-refractivity contribution < 1.29 is 9.32 Å². The summed E-state index contributed by atoms with van der Waals surface area (Å²) in [5.41, 5.74) is 0.882. The van der Waals surface area contributed by atoms with E-state index in [1.54, 1.807) is 12.4 Å². The molecule has 4 aliphatic rings. The van der Waals surface area contributed by atoms with Gasteiger partial charge in [-0.05, 0) is 57.8 Å². The van der Waals surface area contributed by atoms with Crippen LogP contribution in [0.3, 0.4) is 0 Å². The number of fused-ring (bicyclic) bond motifs is 1. The van der Waals surface area contributed by atoms with E-state index in [-0.39, 0.29) is 12.1 Å². The molecule has 1 saturated heterocycles. The molecule has 4 heterocycles. The Balaban J connectivity index is 1.18. The van der Waals surface area contributed by atoms with Gasteiger partial charge in [0, 0.05) is 42.6 Å². The van der Waals surface area contributed by atoms with Gasteiger partial charge in [0.1, 0.15) is 16.5 Å². The Labute approximate surface area is 207 Å². The lowest BCUT2D eigenvalue weighted by Crippen LogP contribution is -2.58. The number of aromatic nitrogens is 4. The fourth-order valence-corrected chi connectivity index (χ4v) is 7.44. The molecule has 0 amide bonds. The monoisotopic (exact) mass is 502 g/mol. The highest BCUT2D eigenvalue weighted by atomic mass is 35.5. The number of hydrogen-bond donors (Lipinski definition) is 2. The van der Waals surface area contributed by atoms with Crippen LogP contribution in [-0.2, 0) is 17.2 Å². The number of aryl methyl sites for hydroxylation is 1. The van der Waals surface area contributed by atoms with Crippen LogP contribution in [-0.4, -0.2) is 60.2 Å². The standard InChI is InChI=1S/C24H31ClN6O2S/c25-17-11-26-20(27-12-17)16-4-8-23(9-5-16)13-31(14-23)22-28-18-3-1-10-34(33)19(18)21(29-22)30-24(15-32)6-2-7-24/h11-12,16,32H,1-10,13-15H2,(H,28,29,30). The topological polar surface area (TPSA) is 104 Å². The lowest BCUT2D eigenvalue weighted by atomic mass is 9.66. The minimum Gasteiger partial charge on any atom is -0.394 e. The minimum absolute atomic E-state index is 0.0685. The maximum atomic E-state index is 12.9. The van der Waals surface area contributed by atoms with Crippen molar-refractivity contribution in [2.45, 2.75) is 74.1 Å². The maximum absolute atomic E-state index is 12.9. The summed E-state index contributed by atoms with van der Waals surface area (Å²) in [7, 11) is -1.09. The SMILES string of the molecule is O=S1CCCc2nc(N3CC4(CCC(c5ncc(Cl)cn5)CC4)C3)nc(NC3(CO)CCC3)c21. The van der Waals surface area contributed by atoms with E-state index in [1.165, 1.54) is 0 Å². The Morgan fingerprint density at radius 3 is 2.50 bits per heavy atom. The smallest absolute Gasteiger partial charge is 0.227 e. The first-order chi connectivity index (χ1) is 16.5. The Kier molecular flexibility index (Phi) is 5.77. The molecule has 2 aliphatic carbocycles. The zero-order chi connectivity index (χ0) is 23.3. The first-order valence-electron chi connectivity index (χ1n) is 12.4. The molecule has 182 valence electrons. The van der Waals surface area contributed by atoms with Crippen LogP contribution in [0, 0.1) is 5.41 Å². The van der Waals surface area contributed by atoms with E-state index in [9.17, 15) is 9.32 Å². The molecule has 34 heavy (non-hydrogen) atoms. The van der Waals surface area contributed by atoms with E-state index in [1.807, 2.05) is 0 Å². The largest absolute Gasteiger partial charge is 0.394 e. The fourth-order valence-electron chi connectivity index (χ4n) is 6.01. The zero-order valence-electron chi connectivity index (χ0n) is 19.3. The van der Waals surface area contributed by atoms with E-state index >= 15 is 0 Å². The maximum Gasteiger partial charge on any atom is 0.227 e. The second-order valence-electron chi connectivity index (χ2n) is 10.6. The molecule has 8 nitrogen and oxygen atoms in total. The number of nitrogens with zero attached hydrogens (tertiary/aromatic N) is 5. The summed E-state index contributed by atoms with van der Waals surface area (Å²) in [6.07, 6.45) is 12.5. The molecule has 2 saturated carbocycles. The Morgan fingerprint density at radius 2 is 1.85 bits per heavy atom. The Bertz CT molecular complexity index is 1090. The second-order valence-corrected chi connectivity index (χ2v) is 12.6. The second kappa shape index (κ2) is 8.68. The first kappa shape index (κ1) is 22.6. The number of rotatable bonds is 5. The van der Waals surface area contributed by atoms with E-state index in [0.29, 0.717) is 27.9 Å². The number of nitrogens with one attached hydrogen (secondary N) is 1. The number of hydrogen-bond acceptors (Lipinski definition) is 8.